The molecule has 1 rings (SSSR count). The summed E-state index contributed by atoms with van der Waals surface area (Å²) in [5.41, 5.74) is 5.45. The Hall–Kier alpha value is -1.30. The van der Waals surface area contributed by atoms with Crippen molar-refractivity contribution in [3.63, 3.8) is 0 Å². The van der Waals surface area contributed by atoms with E-state index in [1.807, 2.05) is 6.92 Å². The second-order valence-corrected chi connectivity index (χ2v) is 4.49. The molecule has 0 aliphatic carbocycles. The predicted molar refractivity (Wildman–Crippen MR) is 68.0 cm³/mol. The van der Waals surface area contributed by atoms with Gasteiger partial charge in [-0.2, -0.15) is 0 Å². The molecule has 1 saturated heterocycles. The van der Waals surface area contributed by atoms with Crippen LogP contribution in [0.3, 0.4) is 0 Å². The molecule has 104 valence electrons. The molecule has 2 amide bonds. The summed E-state index contributed by atoms with van der Waals surface area (Å²) in [6.45, 7) is 6.82. The zero-order valence-electron chi connectivity index (χ0n) is 11.2. The minimum atomic E-state index is -0.292. The minimum absolute atomic E-state index is 0.0378. The van der Waals surface area contributed by atoms with Crippen LogP contribution in [0.25, 0.3) is 0 Å². The third-order valence-corrected chi connectivity index (χ3v) is 3.14. The SMILES string of the molecule is CCOC(=O)N1CCN(C(=O)C(C)CCN)CC1. The van der Waals surface area contributed by atoms with Crippen molar-refractivity contribution in [2.45, 2.75) is 20.3 Å². The number of nitrogens with two attached hydrogens (primary N) is 1. The van der Waals surface area contributed by atoms with Gasteiger partial charge in [-0.25, -0.2) is 4.79 Å². The summed E-state index contributed by atoms with van der Waals surface area (Å²) >= 11 is 0. The first-order chi connectivity index (χ1) is 8.60. The number of hydrogen-bond donors (Lipinski definition) is 1. The summed E-state index contributed by atoms with van der Waals surface area (Å²) in [5, 5.41) is 0. The van der Waals surface area contributed by atoms with Crippen molar-refractivity contribution in [2.75, 3.05) is 39.3 Å². The van der Waals surface area contributed by atoms with Crippen LogP contribution < -0.4 is 5.73 Å². The Kier molecular flexibility index (Phi) is 5.91. The standard InChI is InChI=1S/C12H23N3O3/c1-3-18-12(17)15-8-6-14(7-9-15)11(16)10(2)4-5-13/h10H,3-9,13H2,1-2H3. The molecule has 6 nitrogen and oxygen atoms in total. The Bertz CT molecular complexity index is 288. The van der Waals surface area contributed by atoms with Crippen molar-refractivity contribution >= 4 is 12.0 Å². The number of piperazine rings is 1. The van der Waals surface area contributed by atoms with E-state index in [0.29, 0.717) is 45.8 Å². The van der Waals surface area contributed by atoms with Crippen LogP contribution in [0, 0.1) is 5.92 Å². The second-order valence-electron chi connectivity index (χ2n) is 4.49. The molecule has 0 aromatic carbocycles. The predicted octanol–water partition coefficient (Wildman–Crippen LogP) is 0.272. The van der Waals surface area contributed by atoms with Crippen LogP contribution in [0.15, 0.2) is 0 Å². The maximum atomic E-state index is 12.0. The fraction of sp³-hybridized carbons (Fsp3) is 0.833. The summed E-state index contributed by atoms with van der Waals surface area (Å²) in [6, 6.07) is 0. The van der Waals surface area contributed by atoms with Crippen LogP contribution >= 0.6 is 0 Å². The highest BCUT2D eigenvalue weighted by molar-refractivity contribution is 5.79. The fourth-order valence-corrected chi connectivity index (χ4v) is 2.01. The number of ether oxygens (including phenoxy) is 1. The molecule has 6 heteroatoms. The average Bonchev–Trinajstić information content (AvgIpc) is 2.38. The van der Waals surface area contributed by atoms with Gasteiger partial charge in [0, 0.05) is 32.1 Å². The Morgan fingerprint density at radius 2 is 1.78 bits per heavy atom. The summed E-state index contributed by atoms with van der Waals surface area (Å²) < 4.78 is 4.93. The van der Waals surface area contributed by atoms with E-state index in [9.17, 15) is 9.59 Å². The summed E-state index contributed by atoms with van der Waals surface area (Å²) in [6.07, 6.45) is 0.413. The lowest BCUT2D eigenvalue weighted by Crippen LogP contribution is -2.52. The first kappa shape index (κ1) is 14.8. The van der Waals surface area contributed by atoms with Crippen molar-refractivity contribution in [3.8, 4) is 0 Å². The highest BCUT2D eigenvalue weighted by atomic mass is 16.6. The fourth-order valence-electron chi connectivity index (χ4n) is 2.01. The van der Waals surface area contributed by atoms with Crippen LogP contribution in [0.1, 0.15) is 20.3 Å². The molecule has 0 aromatic rings. The topological polar surface area (TPSA) is 75.9 Å². The quantitative estimate of drug-likeness (QED) is 0.784. The molecule has 1 fully saturated rings. The molecule has 1 aliphatic rings. The molecular formula is C12H23N3O3. The van der Waals surface area contributed by atoms with Gasteiger partial charge in [0.15, 0.2) is 0 Å². The lowest BCUT2D eigenvalue weighted by Gasteiger charge is -2.35. The first-order valence-electron chi connectivity index (χ1n) is 6.50. The van der Waals surface area contributed by atoms with E-state index in [1.54, 1.807) is 16.7 Å². The Morgan fingerprint density at radius 1 is 1.22 bits per heavy atom. The first-order valence-corrected chi connectivity index (χ1v) is 6.50. The van der Waals surface area contributed by atoms with Crippen LogP contribution in [-0.4, -0.2) is 61.1 Å². The zero-order chi connectivity index (χ0) is 13.5. The van der Waals surface area contributed by atoms with Gasteiger partial charge in [-0.05, 0) is 19.9 Å². The third kappa shape index (κ3) is 3.87. The van der Waals surface area contributed by atoms with Gasteiger partial charge in [0.1, 0.15) is 0 Å². The van der Waals surface area contributed by atoms with E-state index in [-0.39, 0.29) is 17.9 Å². The Balaban J connectivity index is 2.39. The van der Waals surface area contributed by atoms with Gasteiger partial charge >= 0.3 is 6.09 Å². The van der Waals surface area contributed by atoms with Crippen molar-refractivity contribution in [3.05, 3.63) is 0 Å². The van der Waals surface area contributed by atoms with Crippen molar-refractivity contribution in [2.24, 2.45) is 11.7 Å². The molecule has 0 bridgehead atoms. The highest BCUT2D eigenvalue weighted by Crippen LogP contribution is 2.10. The molecule has 1 atom stereocenters. The molecule has 1 unspecified atom stereocenters. The van der Waals surface area contributed by atoms with E-state index < -0.39 is 0 Å². The number of amides is 2. The normalized spacial score (nSPS) is 17.5. The van der Waals surface area contributed by atoms with E-state index >= 15 is 0 Å². The lowest BCUT2D eigenvalue weighted by atomic mass is 10.1. The average molecular weight is 257 g/mol. The number of hydrogen-bond acceptors (Lipinski definition) is 4. The van der Waals surface area contributed by atoms with Gasteiger partial charge in [0.05, 0.1) is 6.61 Å². The zero-order valence-corrected chi connectivity index (χ0v) is 11.2. The number of nitrogens with zero attached hydrogens (tertiary/aromatic N) is 2. The van der Waals surface area contributed by atoms with Gasteiger partial charge in [-0.1, -0.05) is 6.92 Å². The number of carbonyl (C=O) groups excluding carboxylic acids is 2. The molecule has 2 N–H and O–H groups in total. The van der Waals surface area contributed by atoms with E-state index in [2.05, 4.69) is 0 Å². The van der Waals surface area contributed by atoms with Gasteiger partial charge in [0.2, 0.25) is 5.91 Å². The molecule has 1 heterocycles. The lowest BCUT2D eigenvalue weighted by molar-refractivity contribution is -0.136. The number of rotatable bonds is 4. The molecule has 18 heavy (non-hydrogen) atoms. The largest absolute Gasteiger partial charge is 0.450 e. The molecule has 0 radical (unpaired) electrons. The van der Waals surface area contributed by atoms with E-state index in [0.717, 1.165) is 0 Å². The van der Waals surface area contributed by atoms with E-state index in [4.69, 9.17) is 10.5 Å². The van der Waals surface area contributed by atoms with Gasteiger partial charge in [0.25, 0.3) is 0 Å². The molecule has 0 aromatic heterocycles. The van der Waals surface area contributed by atoms with Crippen molar-refractivity contribution in [1.29, 1.82) is 0 Å². The van der Waals surface area contributed by atoms with Gasteiger partial charge < -0.3 is 20.3 Å². The van der Waals surface area contributed by atoms with Crippen LogP contribution in [0.2, 0.25) is 0 Å². The van der Waals surface area contributed by atoms with Crippen LogP contribution in [-0.2, 0) is 9.53 Å². The second kappa shape index (κ2) is 7.20. The monoisotopic (exact) mass is 257 g/mol. The minimum Gasteiger partial charge on any atom is -0.450 e. The maximum Gasteiger partial charge on any atom is 0.409 e. The molecule has 0 saturated carbocycles. The van der Waals surface area contributed by atoms with Gasteiger partial charge in [-0.3, -0.25) is 4.79 Å². The molecule has 0 spiro atoms. The van der Waals surface area contributed by atoms with Crippen molar-refractivity contribution < 1.29 is 14.3 Å². The van der Waals surface area contributed by atoms with Crippen molar-refractivity contribution in [1.82, 2.24) is 9.80 Å². The summed E-state index contributed by atoms with van der Waals surface area (Å²) in [7, 11) is 0. The number of carbonyl (C=O) groups is 2. The maximum absolute atomic E-state index is 12.0. The highest BCUT2D eigenvalue weighted by Gasteiger charge is 2.26. The van der Waals surface area contributed by atoms with Crippen LogP contribution in [0.5, 0.6) is 0 Å². The third-order valence-electron chi connectivity index (χ3n) is 3.14. The Morgan fingerprint density at radius 3 is 2.28 bits per heavy atom. The summed E-state index contributed by atoms with van der Waals surface area (Å²) in [5.74, 6) is 0.0908. The Labute approximate surface area is 108 Å². The smallest absolute Gasteiger partial charge is 0.409 e. The van der Waals surface area contributed by atoms with Gasteiger partial charge in [-0.15, -0.1) is 0 Å². The van der Waals surface area contributed by atoms with Crippen LogP contribution in [0.4, 0.5) is 4.79 Å². The van der Waals surface area contributed by atoms with E-state index in [1.165, 1.54) is 0 Å². The molecule has 1 aliphatic heterocycles. The summed E-state index contributed by atoms with van der Waals surface area (Å²) in [4.78, 5) is 27.0. The molecular weight excluding hydrogens is 234 g/mol.